The van der Waals surface area contributed by atoms with E-state index < -0.39 is 24.6 Å². The summed E-state index contributed by atoms with van der Waals surface area (Å²) in [6, 6.07) is 5.50. The van der Waals surface area contributed by atoms with E-state index in [0.29, 0.717) is 5.56 Å². The summed E-state index contributed by atoms with van der Waals surface area (Å²) in [5.74, 6) is -1.12. The highest BCUT2D eigenvalue weighted by molar-refractivity contribution is 5.67. The van der Waals surface area contributed by atoms with E-state index in [1.165, 1.54) is 5.56 Å². The maximum atomic E-state index is 10.5. The van der Waals surface area contributed by atoms with Gasteiger partial charge in [0, 0.05) is 6.54 Å². The van der Waals surface area contributed by atoms with Gasteiger partial charge in [-0.3, -0.25) is 4.79 Å². The van der Waals surface area contributed by atoms with E-state index >= 15 is 0 Å². The molecule has 0 amide bonds. The Morgan fingerprint density at radius 2 is 2.11 bits per heavy atom. The summed E-state index contributed by atoms with van der Waals surface area (Å²) in [6.45, 7) is 1.70. The third-order valence-electron chi connectivity index (χ3n) is 3.21. The molecule has 0 spiro atoms. The van der Waals surface area contributed by atoms with Crippen molar-refractivity contribution in [3.63, 3.8) is 0 Å². The van der Waals surface area contributed by atoms with E-state index in [1.54, 1.807) is 6.07 Å². The maximum Gasteiger partial charge on any atom is 0.306 e. The minimum absolute atomic E-state index is 0.459. The van der Waals surface area contributed by atoms with E-state index in [9.17, 15) is 15.0 Å². The fourth-order valence-corrected chi connectivity index (χ4v) is 2.19. The minimum atomic E-state index is -1.28. The molecule has 5 nitrogen and oxygen atoms in total. The van der Waals surface area contributed by atoms with Crippen LogP contribution in [-0.2, 0) is 17.8 Å². The molecule has 0 bridgehead atoms. The van der Waals surface area contributed by atoms with Crippen LogP contribution in [0.3, 0.4) is 0 Å². The number of hydrogen-bond acceptors (Lipinski definition) is 4. The standard InChI is InChI=1S/C13H17NO4/c15-11(6-12(16)17)13(18)9-1-2-10-7-14-4-3-8(10)5-9/h1-2,5,11,13-15,18H,3-4,6-7H2,(H,16,17). The van der Waals surface area contributed by atoms with E-state index in [4.69, 9.17) is 5.11 Å². The molecular weight excluding hydrogens is 234 g/mol. The van der Waals surface area contributed by atoms with Crippen molar-refractivity contribution < 1.29 is 20.1 Å². The molecule has 1 aliphatic rings. The third-order valence-corrected chi connectivity index (χ3v) is 3.21. The van der Waals surface area contributed by atoms with Gasteiger partial charge < -0.3 is 20.6 Å². The summed E-state index contributed by atoms with van der Waals surface area (Å²) in [5.41, 5.74) is 2.90. The van der Waals surface area contributed by atoms with Crippen molar-refractivity contribution in [2.45, 2.75) is 31.6 Å². The van der Waals surface area contributed by atoms with Gasteiger partial charge in [-0.05, 0) is 29.7 Å². The number of carboxylic acids is 1. The number of aliphatic hydroxyl groups is 2. The Kier molecular flexibility index (Phi) is 3.96. The molecule has 2 unspecified atom stereocenters. The largest absolute Gasteiger partial charge is 0.481 e. The first-order chi connectivity index (χ1) is 8.58. The normalized spacial score (nSPS) is 17.9. The van der Waals surface area contributed by atoms with Gasteiger partial charge in [-0.25, -0.2) is 0 Å². The van der Waals surface area contributed by atoms with Gasteiger partial charge >= 0.3 is 5.97 Å². The third kappa shape index (κ3) is 2.87. The van der Waals surface area contributed by atoms with Crippen LogP contribution < -0.4 is 5.32 Å². The highest BCUT2D eigenvalue weighted by Crippen LogP contribution is 2.23. The van der Waals surface area contributed by atoms with E-state index in [1.807, 2.05) is 12.1 Å². The van der Waals surface area contributed by atoms with Crippen molar-refractivity contribution in [3.8, 4) is 0 Å². The average Bonchev–Trinajstić information content (AvgIpc) is 2.36. The molecule has 1 heterocycles. The van der Waals surface area contributed by atoms with Crippen LogP contribution in [0, 0.1) is 0 Å². The van der Waals surface area contributed by atoms with Crippen LogP contribution in [0.2, 0.25) is 0 Å². The topological polar surface area (TPSA) is 89.8 Å². The number of aliphatic hydroxyl groups excluding tert-OH is 2. The van der Waals surface area contributed by atoms with E-state index in [0.717, 1.165) is 25.1 Å². The number of aliphatic carboxylic acids is 1. The van der Waals surface area contributed by atoms with Crippen molar-refractivity contribution in [1.82, 2.24) is 5.32 Å². The van der Waals surface area contributed by atoms with Crippen molar-refractivity contribution in [1.29, 1.82) is 0 Å². The molecule has 0 radical (unpaired) electrons. The minimum Gasteiger partial charge on any atom is -0.481 e. The number of carboxylic acid groups (broad SMARTS) is 1. The van der Waals surface area contributed by atoms with E-state index in [2.05, 4.69) is 5.32 Å². The van der Waals surface area contributed by atoms with Gasteiger partial charge in [0.1, 0.15) is 6.10 Å². The molecule has 1 aromatic carbocycles. The zero-order chi connectivity index (χ0) is 13.1. The van der Waals surface area contributed by atoms with Crippen LogP contribution in [0.4, 0.5) is 0 Å². The molecule has 0 saturated heterocycles. The number of fused-ring (bicyclic) bond motifs is 1. The van der Waals surface area contributed by atoms with Gasteiger partial charge in [0.05, 0.1) is 12.5 Å². The highest BCUT2D eigenvalue weighted by Gasteiger charge is 2.22. The summed E-state index contributed by atoms with van der Waals surface area (Å²) in [5, 5.41) is 31.4. The molecule has 98 valence electrons. The number of nitrogens with one attached hydrogen (secondary N) is 1. The van der Waals surface area contributed by atoms with Crippen LogP contribution in [0.25, 0.3) is 0 Å². The first kappa shape index (κ1) is 13.0. The van der Waals surface area contributed by atoms with Crippen LogP contribution >= 0.6 is 0 Å². The van der Waals surface area contributed by atoms with Crippen LogP contribution in [-0.4, -0.2) is 33.9 Å². The Hall–Kier alpha value is -1.43. The van der Waals surface area contributed by atoms with Gasteiger partial charge in [-0.2, -0.15) is 0 Å². The summed E-state index contributed by atoms with van der Waals surface area (Å²) >= 11 is 0. The Labute approximate surface area is 105 Å². The molecule has 0 fully saturated rings. The van der Waals surface area contributed by atoms with Crippen molar-refractivity contribution >= 4 is 5.97 Å². The summed E-state index contributed by atoms with van der Waals surface area (Å²) in [6.07, 6.45) is -2.01. The predicted octanol–water partition coefficient (Wildman–Crippen LogP) is 0.201. The quantitative estimate of drug-likeness (QED) is 0.614. The maximum absolute atomic E-state index is 10.5. The molecular formula is C13H17NO4. The monoisotopic (exact) mass is 251 g/mol. The number of hydrogen-bond donors (Lipinski definition) is 4. The number of carbonyl (C=O) groups is 1. The zero-order valence-corrected chi connectivity index (χ0v) is 9.97. The van der Waals surface area contributed by atoms with Gasteiger partial charge in [0.2, 0.25) is 0 Å². The molecule has 5 heteroatoms. The van der Waals surface area contributed by atoms with Crippen molar-refractivity contribution in [3.05, 3.63) is 34.9 Å². The zero-order valence-electron chi connectivity index (χ0n) is 9.97. The smallest absolute Gasteiger partial charge is 0.306 e. The molecule has 2 rings (SSSR count). The second-order valence-electron chi connectivity index (χ2n) is 4.56. The summed E-state index contributed by atoms with van der Waals surface area (Å²) in [7, 11) is 0. The second kappa shape index (κ2) is 5.48. The fraction of sp³-hybridized carbons (Fsp3) is 0.462. The molecule has 4 N–H and O–H groups in total. The van der Waals surface area contributed by atoms with Gasteiger partial charge in [-0.15, -0.1) is 0 Å². The molecule has 1 aliphatic heterocycles. The SMILES string of the molecule is O=C(O)CC(O)C(O)c1ccc2c(c1)CCNC2. The van der Waals surface area contributed by atoms with Crippen molar-refractivity contribution in [2.24, 2.45) is 0 Å². The van der Waals surface area contributed by atoms with Gasteiger partial charge in [-0.1, -0.05) is 18.2 Å². The lowest BCUT2D eigenvalue weighted by molar-refractivity contribution is -0.141. The lowest BCUT2D eigenvalue weighted by Crippen LogP contribution is -2.25. The lowest BCUT2D eigenvalue weighted by Gasteiger charge is -2.21. The first-order valence-electron chi connectivity index (χ1n) is 5.98. The van der Waals surface area contributed by atoms with Crippen LogP contribution in [0.5, 0.6) is 0 Å². The first-order valence-corrected chi connectivity index (χ1v) is 5.98. The Morgan fingerprint density at radius 3 is 2.83 bits per heavy atom. The summed E-state index contributed by atoms with van der Waals surface area (Å²) in [4.78, 5) is 10.5. The Morgan fingerprint density at radius 1 is 1.33 bits per heavy atom. The van der Waals surface area contributed by atoms with Crippen LogP contribution in [0.1, 0.15) is 29.2 Å². The molecule has 18 heavy (non-hydrogen) atoms. The van der Waals surface area contributed by atoms with Gasteiger partial charge in [0.15, 0.2) is 0 Å². The van der Waals surface area contributed by atoms with E-state index in [-0.39, 0.29) is 0 Å². The lowest BCUT2D eigenvalue weighted by atomic mass is 9.94. The number of rotatable bonds is 4. The molecule has 0 saturated carbocycles. The Bertz CT molecular complexity index is 447. The second-order valence-corrected chi connectivity index (χ2v) is 4.56. The molecule has 0 aromatic heterocycles. The fourth-order valence-electron chi connectivity index (χ4n) is 2.19. The Balaban J connectivity index is 2.15. The number of benzene rings is 1. The predicted molar refractivity (Wildman–Crippen MR) is 65.1 cm³/mol. The molecule has 0 aliphatic carbocycles. The van der Waals surface area contributed by atoms with Crippen LogP contribution in [0.15, 0.2) is 18.2 Å². The highest BCUT2D eigenvalue weighted by atomic mass is 16.4. The molecule has 2 atom stereocenters. The van der Waals surface area contributed by atoms with Gasteiger partial charge in [0.25, 0.3) is 0 Å². The van der Waals surface area contributed by atoms with Crippen molar-refractivity contribution in [2.75, 3.05) is 6.54 Å². The summed E-state index contributed by atoms with van der Waals surface area (Å²) < 4.78 is 0. The average molecular weight is 251 g/mol. The molecule has 1 aromatic rings.